The molecule has 0 spiro atoms. The van der Waals surface area contributed by atoms with Gasteiger partial charge in [-0.25, -0.2) is 0 Å². The van der Waals surface area contributed by atoms with Crippen molar-refractivity contribution in [3.05, 3.63) is 35.9 Å². The monoisotopic (exact) mass is 323 g/mol. The number of fused-ring (bicyclic) bond motifs is 1. The fourth-order valence-electron chi connectivity index (χ4n) is 2.95. The zero-order valence-electron chi connectivity index (χ0n) is 13.0. The molecule has 0 aromatic heterocycles. The summed E-state index contributed by atoms with van der Waals surface area (Å²) in [7, 11) is 0. The fourth-order valence-corrected chi connectivity index (χ4v) is 2.95. The molecule has 7 nitrogen and oxygen atoms in total. The summed E-state index contributed by atoms with van der Waals surface area (Å²) in [6.45, 7) is 3.02. The molecule has 2 heterocycles. The van der Waals surface area contributed by atoms with Crippen molar-refractivity contribution in [3.8, 4) is 0 Å². The van der Waals surface area contributed by atoms with Gasteiger partial charge in [-0.3, -0.25) is 4.79 Å². The van der Waals surface area contributed by atoms with E-state index in [1.807, 2.05) is 6.07 Å². The average Bonchev–Trinajstić information content (AvgIpc) is 3.00. The molecule has 0 bridgehead atoms. The Hall–Kier alpha value is -1.51. The molecule has 2 fully saturated rings. The molecule has 7 heteroatoms. The first-order valence-corrected chi connectivity index (χ1v) is 7.57. The Morgan fingerprint density at radius 1 is 1.30 bits per heavy atom. The van der Waals surface area contributed by atoms with Gasteiger partial charge in [0.1, 0.15) is 18.3 Å². The van der Waals surface area contributed by atoms with Gasteiger partial charge in [0, 0.05) is 5.56 Å². The van der Waals surface area contributed by atoms with E-state index in [9.17, 15) is 15.0 Å². The molecule has 0 radical (unpaired) electrons. The molecule has 2 aliphatic rings. The molecular formula is C16H21NO6. The minimum atomic E-state index is -1.14. The van der Waals surface area contributed by atoms with Crippen molar-refractivity contribution < 1.29 is 29.2 Å². The van der Waals surface area contributed by atoms with Crippen LogP contribution in [0.3, 0.4) is 0 Å². The van der Waals surface area contributed by atoms with Gasteiger partial charge in [0.05, 0.1) is 12.6 Å². The first kappa shape index (κ1) is 16.4. The van der Waals surface area contributed by atoms with Crippen LogP contribution in [0.15, 0.2) is 30.3 Å². The topological polar surface area (TPSA) is 97.3 Å². The highest BCUT2D eigenvalue weighted by molar-refractivity contribution is 5.94. The predicted molar refractivity (Wildman–Crippen MR) is 79.5 cm³/mol. The number of hydrogen-bond acceptors (Lipinski definition) is 6. The second-order valence-corrected chi connectivity index (χ2v) is 6.18. The summed E-state index contributed by atoms with van der Waals surface area (Å²) in [5.74, 6) is -1.14. The van der Waals surface area contributed by atoms with Gasteiger partial charge in [0.2, 0.25) is 0 Å². The number of carbonyl (C=O) groups excluding carboxylic acids is 1. The Morgan fingerprint density at radius 3 is 2.65 bits per heavy atom. The van der Waals surface area contributed by atoms with Crippen LogP contribution in [-0.2, 0) is 14.2 Å². The number of nitrogens with one attached hydrogen (secondary N) is 1. The van der Waals surface area contributed by atoms with Crippen molar-refractivity contribution in [2.45, 2.75) is 50.3 Å². The lowest BCUT2D eigenvalue weighted by Gasteiger charge is -2.28. The molecule has 126 valence electrons. The maximum atomic E-state index is 12.4. The minimum absolute atomic E-state index is 0.303. The predicted octanol–water partition coefficient (Wildman–Crippen LogP) is 0.0146. The summed E-state index contributed by atoms with van der Waals surface area (Å²) in [5.41, 5.74) is 0.492. The number of aliphatic hydroxyl groups excluding tert-OH is 2. The van der Waals surface area contributed by atoms with Gasteiger partial charge in [-0.2, -0.15) is 0 Å². The first-order valence-electron chi connectivity index (χ1n) is 7.57. The number of ether oxygens (including phenoxy) is 3. The van der Waals surface area contributed by atoms with Crippen LogP contribution < -0.4 is 5.32 Å². The molecule has 0 aliphatic carbocycles. The van der Waals surface area contributed by atoms with E-state index in [0.717, 1.165) is 0 Å². The van der Waals surface area contributed by atoms with Crippen LogP contribution >= 0.6 is 0 Å². The van der Waals surface area contributed by atoms with E-state index in [1.165, 1.54) is 0 Å². The van der Waals surface area contributed by atoms with E-state index in [-0.39, 0.29) is 5.91 Å². The highest BCUT2D eigenvalue weighted by Crippen LogP contribution is 2.38. The highest BCUT2D eigenvalue weighted by atomic mass is 16.8. The molecule has 3 rings (SSSR count). The summed E-state index contributed by atoms with van der Waals surface area (Å²) in [6.07, 6.45) is -3.20. The van der Waals surface area contributed by atoms with Crippen molar-refractivity contribution >= 4 is 5.91 Å². The van der Waals surface area contributed by atoms with Crippen LogP contribution in [0.4, 0.5) is 0 Å². The van der Waals surface area contributed by atoms with Crippen molar-refractivity contribution in [1.29, 1.82) is 0 Å². The summed E-state index contributed by atoms with van der Waals surface area (Å²) >= 11 is 0. The Labute approximate surface area is 134 Å². The standard InChI is InChI=1S/C16H21NO6/c1-16(2)22-13-11(12(10(19)8-18)21-15(13)23-16)17-14(20)9-6-4-3-5-7-9/h3-7,10-13,15,18-19H,8H2,1-2H3,(H,17,20)/t10-,11-,12-,13-,15-/m1/s1. The average molecular weight is 323 g/mol. The highest BCUT2D eigenvalue weighted by Gasteiger charge is 2.56. The van der Waals surface area contributed by atoms with Crippen LogP contribution in [-0.4, -0.2) is 59.2 Å². The van der Waals surface area contributed by atoms with Crippen LogP contribution in [0.2, 0.25) is 0 Å². The van der Waals surface area contributed by atoms with Crippen molar-refractivity contribution in [2.75, 3.05) is 6.61 Å². The number of rotatable bonds is 4. The number of benzene rings is 1. The van der Waals surface area contributed by atoms with E-state index in [4.69, 9.17) is 14.2 Å². The molecule has 5 atom stereocenters. The van der Waals surface area contributed by atoms with Gasteiger partial charge in [-0.15, -0.1) is 0 Å². The van der Waals surface area contributed by atoms with Crippen molar-refractivity contribution in [2.24, 2.45) is 0 Å². The molecule has 0 unspecified atom stereocenters. The third-order valence-electron chi connectivity index (χ3n) is 3.99. The summed E-state index contributed by atoms with van der Waals surface area (Å²) in [6, 6.07) is 8.10. The number of carbonyl (C=O) groups is 1. The second-order valence-electron chi connectivity index (χ2n) is 6.18. The molecular weight excluding hydrogens is 302 g/mol. The molecule has 2 saturated heterocycles. The van der Waals surface area contributed by atoms with E-state index < -0.39 is 43.0 Å². The van der Waals surface area contributed by atoms with Gasteiger partial charge in [-0.05, 0) is 26.0 Å². The van der Waals surface area contributed by atoms with E-state index in [0.29, 0.717) is 5.56 Å². The molecule has 2 aliphatic heterocycles. The third kappa shape index (κ3) is 3.24. The van der Waals surface area contributed by atoms with E-state index in [2.05, 4.69) is 5.32 Å². The maximum absolute atomic E-state index is 12.4. The molecule has 1 amide bonds. The third-order valence-corrected chi connectivity index (χ3v) is 3.99. The summed E-state index contributed by atoms with van der Waals surface area (Å²) in [5, 5.41) is 22.0. The smallest absolute Gasteiger partial charge is 0.251 e. The van der Waals surface area contributed by atoms with Crippen LogP contribution in [0.25, 0.3) is 0 Å². The second kappa shape index (κ2) is 6.18. The van der Waals surface area contributed by atoms with Crippen LogP contribution in [0, 0.1) is 0 Å². The quantitative estimate of drug-likeness (QED) is 0.722. The Balaban J connectivity index is 1.79. The summed E-state index contributed by atoms with van der Waals surface area (Å²) in [4.78, 5) is 12.4. The zero-order valence-corrected chi connectivity index (χ0v) is 13.0. The number of aliphatic hydroxyl groups is 2. The normalized spacial score (nSPS) is 33.2. The lowest BCUT2D eigenvalue weighted by molar-refractivity contribution is -0.218. The number of hydrogen-bond donors (Lipinski definition) is 3. The van der Waals surface area contributed by atoms with Crippen molar-refractivity contribution in [3.63, 3.8) is 0 Å². The van der Waals surface area contributed by atoms with Crippen LogP contribution in [0.5, 0.6) is 0 Å². The Bertz CT molecular complexity index is 563. The first-order chi connectivity index (χ1) is 10.9. The Kier molecular flexibility index (Phi) is 4.39. The number of amides is 1. The minimum Gasteiger partial charge on any atom is -0.394 e. The molecule has 23 heavy (non-hydrogen) atoms. The van der Waals surface area contributed by atoms with E-state index >= 15 is 0 Å². The molecule has 0 saturated carbocycles. The zero-order chi connectivity index (χ0) is 16.6. The van der Waals surface area contributed by atoms with Gasteiger partial charge in [-0.1, -0.05) is 18.2 Å². The Morgan fingerprint density at radius 2 is 2.00 bits per heavy atom. The van der Waals surface area contributed by atoms with Gasteiger partial charge in [0.25, 0.3) is 5.91 Å². The SMILES string of the molecule is CC1(C)O[C@H]2O[C@H]([C@H](O)CO)[C@@H](NC(=O)c3ccccc3)[C@H]2O1. The maximum Gasteiger partial charge on any atom is 0.251 e. The summed E-state index contributed by atoms with van der Waals surface area (Å²) < 4.78 is 17.1. The van der Waals surface area contributed by atoms with Crippen LogP contribution in [0.1, 0.15) is 24.2 Å². The molecule has 3 N–H and O–H groups in total. The van der Waals surface area contributed by atoms with Gasteiger partial charge < -0.3 is 29.7 Å². The lowest BCUT2D eigenvalue weighted by atomic mass is 10.0. The van der Waals surface area contributed by atoms with E-state index in [1.54, 1.807) is 38.1 Å². The largest absolute Gasteiger partial charge is 0.394 e. The lowest BCUT2D eigenvalue weighted by Crippen LogP contribution is -2.52. The molecule has 1 aromatic rings. The van der Waals surface area contributed by atoms with Crippen molar-refractivity contribution in [1.82, 2.24) is 5.32 Å². The van der Waals surface area contributed by atoms with Gasteiger partial charge in [0.15, 0.2) is 12.1 Å². The fraction of sp³-hybridized carbons (Fsp3) is 0.562. The van der Waals surface area contributed by atoms with Gasteiger partial charge >= 0.3 is 0 Å². The molecule has 1 aromatic carbocycles.